The fraction of sp³-hybridized carbons (Fsp3) is 0.611. The molecule has 1 amide bonds. The van der Waals surface area contributed by atoms with Crippen LogP contribution in [-0.4, -0.2) is 67.6 Å². The molecule has 1 aromatic carbocycles. The van der Waals surface area contributed by atoms with Gasteiger partial charge in [-0.25, -0.2) is 4.79 Å². The van der Waals surface area contributed by atoms with Gasteiger partial charge in [-0.3, -0.25) is 4.18 Å². The monoisotopic (exact) mass is 413 g/mol. The Morgan fingerprint density at radius 1 is 1.32 bits per heavy atom. The van der Waals surface area contributed by atoms with Crippen molar-refractivity contribution in [2.45, 2.75) is 32.1 Å². The lowest BCUT2D eigenvalue weighted by Crippen LogP contribution is -2.63. The maximum atomic E-state index is 12.2. The molecule has 0 aromatic heterocycles. The third-order valence-corrected chi connectivity index (χ3v) is 5.30. The number of para-hydroxylation sites is 1. The molecule has 1 saturated heterocycles. The van der Waals surface area contributed by atoms with Crippen LogP contribution in [0.25, 0.3) is 0 Å². The number of carbonyl (C=O) groups is 1. The van der Waals surface area contributed by atoms with Gasteiger partial charge in [-0.1, -0.05) is 18.2 Å². The van der Waals surface area contributed by atoms with Crippen LogP contribution in [0.3, 0.4) is 0 Å². The highest BCUT2D eigenvalue weighted by atomic mass is 32.2. The second-order valence-corrected chi connectivity index (χ2v) is 9.79. The van der Waals surface area contributed by atoms with Gasteiger partial charge in [0.05, 0.1) is 18.6 Å². The Bertz CT molecular complexity index is 847. The lowest BCUT2D eigenvalue weighted by Gasteiger charge is -2.49. The second kappa shape index (κ2) is 7.18. The number of hydrogen-bond acceptors (Lipinski definition) is 8. The molecule has 0 saturated carbocycles. The normalized spacial score (nSPS) is 23.1. The summed E-state index contributed by atoms with van der Waals surface area (Å²) < 4.78 is 32.7. The number of benzene rings is 1. The van der Waals surface area contributed by atoms with Gasteiger partial charge in [0.25, 0.3) is 10.1 Å². The summed E-state index contributed by atoms with van der Waals surface area (Å²) in [4.78, 5) is 13.8. The van der Waals surface area contributed by atoms with Gasteiger partial charge >= 0.3 is 6.09 Å². The van der Waals surface area contributed by atoms with Crippen molar-refractivity contribution in [1.82, 2.24) is 9.91 Å². The maximum absolute atomic E-state index is 12.2. The Hall–Kier alpha value is -1.88. The lowest BCUT2D eigenvalue weighted by atomic mass is 9.83. The number of carbonyl (C=O) groups excluding carboxylic acids is 1. The molecule has 3 rings (SSSR count). The molecule has 0 radical (unpaired) electrons. The lowest BCUT2D eigenvalue weighted by molar-refractivity contribution is -0.174. The van der Waals surface area contributed by atoms with Gasteiger partial charge < -0.3 is 20.2 Å². The number of fused-ring (bicyclic) bond motifs is 1. The van der Waals surface area contributed by atoms with Crippen LogP contribution in [0.1, 0.15) is 26.3 Å². The highest BCUT2D eigenvalue weighted by molar-refractivity contribution is 7.85. The van der Waals surface area contributed by atoms with Gasteiger partial charge in [-0.2, -0.15) is 13.4 Å². The first-order chi connectivity index (χ1) is 12.9. The molecular weight excluding hydrogens is 386 g/mol. The zero-order valence-electron chi connectivity index (χ0n) is 16.5. The Morgan fingerprint density at radius 3 is 2.57 bits per heavy atom. The van der Waals surface area contributed by atoms with Crippen LogP contribution in [0.15, 0.2) is 24.3 Å². The molecule has 2 aliphatic heterocycles. The van der Waals surface area contributed by atoms with Gasteiger partial charge in [0.1, 0.15) is 5.60 Å². The Labute approximate surface area is 165 Å². The van der Waals surface area contributed by atoms with E-state index in [0.717, 1.165) is 11.9 Å². The number of nitrogens with one attached hydrogen (secondary N) is 1. The fourth-order valence-corrected chi connectivity index (χ4v) is 3.81. The first kappa shape index (κ1) is 20.8. The summed E-state index contributed by atoms with van der Waals surface area (Å²) >= 11 is 0. The number of nitrogens with zero attached hydrogens (tertiary/aromatic N) is 2. The summed E-state index contributed by atoms with van der Waals surface area (Å²) in [7, 11) is -3.58. The van der Waals surface area contributed by atoms with Crippen molar-refractivity contribution in [1.29, 1.82) is 0 Å². The Kier molecular flexibility index (Phi) is 5.34. The number of ether oxygens (including phenoxy) is 1. The highest BCUT2D eigenvalue weighted by Gasteiger charge is 2.55. The zero-order chi connectivity index (χ0) is 20.7. The maximum Gasteiger partial charge on any atom is 0.410 e. The molecule has 2 heterocycles. The van der Waals surface area contributed by atoms with E-state index in [2.05, 4.69) is 5.43 Å². The van der Waals surface area contributed by atoms with E-state index in [4.69, 9.17) is 8.92 Å². The fourth-order valence-electron chi connectivity index (χ4n) is 3.43. The second-order valence-electron chi connectivity index (χ2n) is 8.14. The standard InChI is InChI=1S/C18H27N3O6S/c1-17(2,3)27-16(22)20-11-13(12-20)18(23)14-7-5-6-8-15(14)19-21(18)9-10-26-28(4,24)25/h5-8,13,19,23H,9-12H2,1-4H3. The number of likely N-dealkylation sites (tertiary alicyclic amines) is 1. The summed E-state index contributed by atoms with van der Waals surface area (Å²) in [6.45, 7) is 6.09. The zero-order valence-corrected chi connectivity index (χ0v) is 17.3. The molecule has 28 heavy (non-hydrogen) atoms. The SMILES string of the molecule is CC(C)(C)OC(=O)N1CC(C2(O)c3ccccc3NN2CCOS(C)(=O)=O)C1. The number of amides is 1. The molecule has 10 heteroatoms. The average Bonchev–Trinajstić information content (AvgIpc) is 2.76. The van der Waals surface area contributed by atoms with Crippen molar-refractivity contribution in [3.63, 3.8) is 0 Å². The third kappa shape index (κ3) is 4.24. The van der Waals surface area contributed by atoms with E-state index in [1.807, 2.05) is 24.3 Å². The summed E-state index contributed by atoms with van der Waals surface area (Å²) in [5.41, 5.74) is 2.56. The topological polar surface area (TPSA) is 108 Å². The van der Waals surface area contributed by atoms with Crippen LogP contribution < -0.4 is 5.43 Å². The van der Waals surface area contributed by atoms with Crippen LogP contribution in [0, 0.1) is 5.92 Å². The van der Waals surface area contributed by atoms with Crippen molar-refractivity contribution in [3.05, 3.63) is 29.8 Å². The molecule has 2 aliphatic rings. The Morgan fingerprint density at radius 2 is 1.96 bits per heavy atom. The van der Waals surface area contributed by atoms with Gasteiger partial charge in [0.15, 0.2) is 5.72 Å². The van der Waals surface area contributed by atoms with Crippen molar-refractivity contribution < 1.29 is 27.2 Å². The molecule has 0 aliphatic carbocycles. The van der Waals surface area contributed by atoms with Crippen molar-refractivity contribution in [3.8, 4) is 0 Å². The largest absolute Gasteiger partial charge is 0.444 e. The van der Waals surface area contributed by atoms with Crippen LogP contribution in [0.4, 0.5) is 10.5 Å². The number of rotatable bonds is 5. The van der Waals surface area contributed by atoms with E-state index >= 15 is 0 Å². The minimum Gasteiger partial charge on any atom is -0.444 e. The quantitative estimate of drug-likeness (QED) is 0.696. The number of anilines is 1. The van der Waals surface area contributed by atoms with Crippen LogP contribution in [-0.2, 0) is 24.8 Å². The van der Waals surface area contributed by atoms with Gasteiger partial charge in [0.2, 0.25) is 0 Å². The molecular formula is C18H27N3O6S. The van der Waals surface area contributed by atoms with Gasteiger partial charge in [-0.15, -0.1) is 0 Å². The molecule has 2 N–H and O–H groups in total. The van der Waals surface area contributed by atoms with E-state index < -0.39 is 27.5 Å². The van der Waals surface area contributed by atoms with Crippen LogP contribution in [0.2, 0.25) is 0 Å². The summed E-state index contributed by atoms with van der Waals surface area (Å²) in [6.07, 6.45) is 0.564. The van der Waals surface area contributed by atoms with E-state index in [1.54, 1.807) is 30.7 Å². The van der Waals surface area contributed by atoms with Crippen molar-refractivity contribution in [2.24, 2.45) is 5.92 Å². The van der Waals surface area contributed by atoms with Gasteiger partial charge in [0, 0.05) is 31.1 Å². The molecule has 0 bridgehead atoms. The van der Waals surface area contributed by atoms with E-state index in [0.29, 0.717) is 18.7 Å². The molecule has 9 nitrogen and oxygen atoms in total. The molecule has 1 fully saturated rings. The number of hydrogen-bond donors (Lipinski definition) is 2. The first-order valence-corrected chi connectivity index (χ1v) is 10.9. The first-order valence-electron chi connectivity index (χ1n) is 9.08. The molecule has 1 unspecified atom stereocenters. The third-order valence-electron chi connectivity index (χ3n) is 4.71. The summed E-state index contributed by atoms with van der Waals surface area (Å²) in [6, 6.07) is 7.32. The average molecular weight is 413 g/mol. The van der Waals surface area contributed by atoms with Crippen LogP contribution >= 0.6 is 0 Å². The molecule has 156 valence electrons. The highest BCUT2D eigenvalue weighted by Crippen LogP contribution is 2.46. The van der Waals surface area contributed by atoms with Crippen molar-refractivity contribution >= 4 is 21.9 Å². The molecule has 0 spiro atoms. The van der Waals surface area contributed by atoms with Crippen molar-refractivity contribution in [2.75, 3.05) is 37.9 Å². The smallest absolute Gasteiger partial charge is 0.410 e. The number of aliphatic hydroxyl groups is 1. The summed E-state index contributed by atoms with van der Waals surface area (Å²) in [5.74, 6) is -0.269. The molecule has 1 atom stereocenters. The van der Waals surface area contributed by atoms with Crippen LogP contribution in [0.5, 0.6) is 0 Å². The predicted molar refractivity (Wildman–Crippen MR) is 103 cm³/mol. The predicted octanol–water partition coefficient (Wildman–Crippen LogP) is 1.32. The van der Waals surface area contributed by atoms with E-state index in [-0.39, 0.29) is 19.1 Å². The van der Waals surface area contributed by atoms with E-state index in [1.165, 1.54) is 0 Å². The van der Waals surface area contributed by atoms with Gasteiger partial charge in [-0.05, 0) is 26.8 Å². The number of hydrazine groups is 1. The molecule has 1 aromatic rings. The minimum absolute atomic E-state index is 0.107. The minimum atomic E-state index is -3.58. The summed E-state index contributed by atoms with van der Waals surface area (Å²) in [5, 5.41) is 13.1. The Balaban J connectivity index is 1.73. The van der Waals surface area contributed by atoms with E-state index in [9.17, 15) is 18.3 Å².